The Morgan fingerprint density at radius 1 is 1.19 bits per heavy atom. The smallest absolute Gasteiger partial charge is 0.0107 e. The van der Waals surface area contributed by atoms with Gasteiger partial charge in [-0.2, -0.15) is 0 Å². The van der Waals surface area contributed by atoms with Gasteiger partial charge in [0.1, 0.15) is 0 Å². The van der Waals surface area contributed by atoms with Gasteiger partial charge < -0.3 is 10.2 Å². The van der Waals surface area contributed by atoms with Gasteiger partial charge in [0.25, 0.3) is 0 Å². The highest BCUT2D eigenvalue weighted by atomic mass is 15.2. The largest absolute Gasteiger partial charge is 0.315 e. The van der Waals surface area contributed by atoms with E-state index in [0.717, 1.165) is 11.8 Å². The zero-order valence-corrected chi connectivity index (χ0v) is 10.9. The van der Waals surface area contributed by atoms with Crippen LogP contribution in [0, 0.1) is 11.8 Å². The minimum Gasteiger partial charge on any atom is -0.315 e. The lowest BCUT2D eigenvalue weighted by molar-refractivity contribution is 0.226. The molecule has 16 heavy (non-hydrogen) atoms. The average molecular weight is 224 g/mol. The molecule has 1 atom stereocenters. The fourth-order valence-electron chi connectivity index (χ4n) is 3.23. The predicted octanol–water partition coefficient (Wildman–Crippen LogP) is 2.50. The number of hydrogen-bond acceptors (Lipinski definition) is 2. The Hall–Kier alpha value is -0.0800. The molecule has 1 N–H and O–H groups in total. The standard InChI is InChI=1S/C14H28N2/c1-13-11-15-8-10-16(12-13)9-7-14-5-3-2-4-6-14/h13-15H,2-12H2,1H3. The van der Waals surface area contributed by atoms with Crippen LogP contribution in [0.1, 0.15) is 45.4 Å². The van der Waals surface area contributed by atoms with Crippen molar-refractivity contribution in [3.63, 3.8) is 0 Å². The first-order valence-electron chi connectivity index (χ1n) is 7.27. The van der Waals surface area contributed by atoms with Crippen LogP contribution < -0.4 is 5.32 Å². The lowest BCUT2D eigenvalue weighted by Crippen LogP contribution is -2.31. The molecule has 1 unspecified atom stereocenters. The second-order valence-electron chi connectivity index (χ2n) is 5.90. The van der Waals surface area contributed by atoms with Crippen LogP contribution >= 0.6 is 0 Å². The van der Waals surface area contributed by atoms with E-state index in [-0.39, 0.29) is 0 Å². The molecule has 0 aromatic carbocycles. The van der Waals surface area contributed by atoms with Gasteiger partial charge in [0.2, 0.25) is 0 Å². The molecule has 2 nitrogen and oxygen atoms in total. The molecule has 1 heterocycles. The van der Waals surface area contributed by atoms with Crippen LogP contribution in [0.4, 0.5) is 0 Å². The SMILES string of the molecule is CC1CNCCN(CCC2CCCCC2)C1. The molecule has 0 radical (unpaired) electrons. The van der Waals surface area contributed by atoms with Crippen molar-refractivity contribution >= 4 is 0 Å². The third-order valence-electron chi connectivity index (χ3n) is 4.25. The molecular weight excluding hydrogens is 196 g/mol. The van der Waals surface area contributed by atoms with Crippen molar-refractivity contribution in [3.8, 4) is 0 Å². The Kier molecular flexibility index (Phi) is 5.11. The van der Waals surface area contributed by atoms with E-state index in [4.69, 9.17) is 0 Å². The zero-order valence-electron chi connectivity index (χ0n) is 10.9. The Morgan fingerprint density at radius 3 is 2.81 bits per heavy atom. The van der Waals surface area contributed by atoms with E-state index < -0.39 is 0 Å². The van der Waals surface area contributed by atoms with E-state index in [0.29, 0.717) is 0 Å². The van der Waals surface area contributed by atoms with Crippen molar-refractivity contribution in [1.29, 1.82) is 0 Å². The molecule has 2 heteroatoms. The zero-order chi connectivity index (χ0) is 11.2. The molecule has 2 fully saturated rings. The van der Waals surface area contributed by atoms with Crippen LogP contribution in [0.5, 0.6) is 0 Å². The van der Waals surface area contributed by atoms with Crippen molar-refractivity contribution in [2.75, 3.05) is 32.7 Å². The van der Waals surface area contributed by atoms with Crippen molar-refractivity contribution < 1.29 is 0 Å². The van der Waals surface area contributed by atoms with Crippen LogP contribution in [0.25, 0.3) is 0 Å². The lowest BCUT2D eigenvalue weighted by Gasteiger charge is -2.26. The third kappa shape index (κ3) is 4.06. The Morgan fingerprint density at radius 2 is 2.00 bits per heavy atom. The quantitative estimate of drug-likeness (QED) is 0.792. The normalized spacial score (nSPS) is 30.2. The fourth-order valence-corrected chi connectivity index (χ4v) is 3.23. The Balaban J connectivity index is 1.67. The van der Waals surface area contributed by atoms with Gasteiger partial charge in [-0.25, -0.2) is 0 Å². The first kappa shape index (κ1) is 12.4. The fraction of sp³-hybridized carbons (Fsp3) is 1.00. The summed E-state index contributed by atoms with van der Waals surface area (Å²) in [5.41, 5.74) is 0. The highest BCUT2D eigenvalue weighted by molar-refractivity contribution is 4.73. The predicted molar refractivity (Wildman–Crippen MR) is 69.7 cm³/mol. The van der Waals surface area contributed by atoms with E-state index in [1.807, 2.05) is 0 Å². The van der Waals surface area contributed by atoms with E-state index in [1.165, 1.54) is 71.2 Å². The van der Waals surface area contributed by atoms with E-state index in [2.05, 4.69) is 17.1 Å². The molecule has 1 aliphatic carbocycles. The van der Waals surface area contributed by atoms with Gasteiger partial charge >= 0.3 is 0 Å². The van der Waals surface area contributed by atoms with Crippen molar-refractivity contribution in [2.24, 2.45) is 11.8 Å². The van der Waals surface area contributed by atoms with Crippen LogP contribution in [-0.4, -0.2) is 37.6 Å². The number of hydrogen-bond donors (Lipinski definition) is 1. The molecule has 1 aliphatic heterocycles. The van der Waals surface area contributed by atoms with Crippen LogP contribution in [0.2, 0.25) is 0 Å². The van der Waals surface area contributed by atoms with E-state index in [1.54, 1.807) is 0 Å². The topological polar surface area (TPSA) is 15.3 Å². The Labute approximate surface area is 101 Å². The molecule has 0 aromatic heterocycles. The summed E-state index contributed by atoms with van der Waals surface area (Å²) in [6.07, 6.45) is 8.92. The molecule has 2 rings (SSSR count). The van der Waals surface area contributed by atoms with Crippen molar-refractivity contribution in [1.82, 2.24) is 10.2 Å². The summed E-state index contributed by atoms with van der Waals surface area (Å²) in [6.45, 7) is 8.67. The summed E-state index contributed by atoms with van der Waals surface area (Å²) in [7, 11) is 0. The first-order valence-corrected chi connectivity index (χ1v) is 7.27. The third-order valence-corrected chi connectivity index (χ3v) is 4.25. The molecule has 94 valence electrons. The maximum absolute atomic E-state index is 3.52. The van der Waals surface area contributed by atoms with Crippen LogP contribution in [-0.2, 0) is 0 Å². The maximum atomic E-state index is 3.52. The van der Waals surface area contributed by atoms with Crippen LogP contribution in [0.15, 0.2) is 0 Å². The molecular formula is C14H28N2. The van der Waals surface area contributed by atoms with Gasteiger partial charge in [0.15, 0.2) is 0 Å². The van der Waals surface area contributed by atoms with Gasteiger partial charge in [-0.15, -0.1) is 0 Å². The molecule has 0 aromatic rings. The van der Waals surface area contributed by atoms with Gasteiger partial charge in [-0.1, -0.05) is 39.0 Å². The summed E-state index contributed by atoms with van der Waals surface area (Å²) in [5, 5.41) is 3.52. The number of nitrogens with one attached hydrogen (secondary N) is 1. The Bertz CT molecular complexity index is 187. The van der Waals surface area contributed by atoms with Gasteiger partial charge in [0.05, 0.1) is 0 Å². The van der Waals surface area contributed by atoms with E-state index in [9.17, 15) is 0 Å². The minimum atomic E-state index is 0.828. The molecule has 0 amide bonds. The molecule has 0 spiro atoms. The summed E-state index contributed by atoms with van der Waals surface area (Å²) in [4.78, 5) is 2.68. The van der Waals surface area contributed by atoms with E-state index >= 15 is 0 Å². The molecule has 1 saturated carbocycles. The number of rotatable bonds is 3. The monoisotopic (exact) mass is 224 g/mol. The highest BCUT2D eigenvalue weighted by Crippen LogP contribution is 2.26. The van der Waals surface area contributed by atoms with Gasteiger partial charge in [0, 0.05) is 19.6 Å². The number of nitrogens with zero attached hydrogens (tertiary/aromatic N) is 1. The van der Waals surface area contributed by atoms with Gasteiger partial charge in [-0.3, -0.25) is 0 Å². The molecule has 1 saturated heterocycles. The summed E-state index contributed by atoms with van der Waals surface area (Å²) < 4.78 is 0. The van der Waals surface area contributed by atoms with Crippen molar-refractivity contribution in [3.05, 3.63) is 0 Å². The highest BCUT2D eigenvalue weighted by Gasteiger charge is 2.17. The minimum absolute atomic E-state index is 0.828. The average Bonchev–Trinajstić information content (AvgIpc) is 2.52. The summed E-state index contributed by atoms with van der Waals surface area (Å²) in [5.74, 6) is 1.87. The van der Waals surface area contributed by atoms with Gasteiger partial charge in [-0.05, 0) is 31.3 Å². The molecule has 0 bridgehead atoms. The summed E-state index contributed by atoms with van der Waals surface area (Å²) >= 11 is 0. The molecule has 2 aliphatic rings. The second kappa shape index (κ2) is 6.61. The second-order valence-corrected chi connectivity index (χ2v) is 5.90. The maximum Gasteiger partial charge on any atom is 0.0107 e. The van der Waals surface area contributed by atoms with Crippen molar-refractivity contribution in [2.45, 2.75) is 45.4 Å². The van der Waals surface area contributed by atoms with Crippen LogP contribution in [0.3, 0.4) is 0 Å². The summed E-state index contributed by atoms with van der Waals surface area (Å²) in [6, 6.07) is 0. The first-order chi connectivity index (χ1) is 7.84. The lowest BCUT2D eigenvalue weighted by atomic mass is 9.87.